The molecule has 2 fully saturated rings. The lowest BCUT2D eigenvalue weighted by atomic mass is 10.2. The maximum atomic E-state index is 12.8. The Labute approximate surface area is 192 Å². The van der Waals surface area contributed by atoms with Gasteiger partial charge in [-0.2, -0.15) is 10.2 Å². The van der Waals surface area contributed by atoms with Crippen molar-refractivity contribution < 1.29 is 9.90 Å². The van der Waals surface area contributed by atoms with Crippen molar-refractivity contribution in [3.63, 3.8) is 0 Å². The van der Waals surface area contributed by atoms with Crippen LogP contribution in [0.5, 0.6) is 0 Å². The molecule has 0 aromatic carbocycles. The summed E-state index contributed by atoms with van der Waals surface area (Å²) in [5.74, 6) is 2.62. The first-order valence-electron chi connectivity index (χ1n) is 11.7. The van der Waals surface area contributed by atoms with Crippen molar-refractivity contribution in [3.05, 3.63) is 58.3 Å². The summed E-state index contributed by atoms with van der Waals surface area (Å²) >= 11 is 0. The van der Waals surface area contributed by atoms with E-state index in [-0.39, 0.29) is 11.9 Å². The standard InChI is InChI=1S/C24H29N7O2/c1-13-15(3-6-22(26-13)30-10-18-19(11-30)20(18)12-32)8-31-9-16(7-25-31)24(33)27-21-5-4-17-14(2)28-29-23(17)21/h3,6-7,9,18-21,32H,4-5,8,10-12H2,1-2H3,(H,27,33)(H,28,29)/t18-,19+,20-,21-/m1/s1. The number of amides is 1. The van der Waals surface area contributed by atoms with E-state index in [1.54, 1.807) is 17.1 Å². The number of carbonyl (C=O) groups is 1. The van der Waals surface area contributed by atoms with Gasteiger partial charge in [0, 0.05) is 37.3 Å². The number of anilines is 1. The molecule has 0 radical (unpaired) electrons. The molecule has 4 atom stereocenters. The number of nitrogens with one attached hydrogen (secondary N) is 2. The molecule has 9 nitrogen and oxygen atoms in total. The van der Waals surface area contributed by atoms with E-state index < -0.39 is 0 Å². The molecule has 4 heterocycles. The van der Waals surface area contributed by atoms with Crippen LogP contribution < -0.4 is 10.2 Å². The second-order valence-electron chi connectivity index (χ2n) is 9.70. The molecule has 0 spiro atoms. The van der Waals surface area contributed by atoms with Gasteiger partial charge in [0.25, 0.3) is 5.91 Å². The number of aryl methyl sites for hydroxylation is 2. The Morgan fingerprint density at radius 2 is 2.09 bits per heavy atom. The van der Waals surface area contributed by atoms with E-state index in [4.69, 9.17) is 4.98 Å². The van der Waals surface area contributed by atoms with Crippen LogP contribution in [0.15, 0.2) is 24.5 Å². The molecule has 6 rings (SSSR count). The average molecular weight is 448 g/mol. The zero-order valence-electron chi connectivity index (χ0n) is 19.0. The van der Waals surface area contributed by atoms with Crippen LogP contribution in [0.4, 0.5) is 5.82 Å². The molecule has 33 heavy (non-hydrogen) atoms. The molecule has 1 amide bonds. The molecular weight excluding hydrogens is 418 g/mol. The van der Waals surface area contributed by atoms with Gasteiger partial charge in [-0.15, -0.1) is 0 Å². The van der Waals surface area contributed by atoms with Crippen molar-refractivity contribution in [2.45, 2.75) is 39.3 Å². The summed E-state index contributed by atoms with van der Waals surface area (Å²) in [6.07, 6.45) is 5.22. The lowest BCUT2D eigenvalue weighted by Crippen LogP contribution is -2.27. The van der Waals surface area contributed by atoms with Crippen molar-refractivity contribution >= 4 is 11.7 Å². The highest BCUT2D eigenvalue weighted by atomic mass is 16.3. The number of hydrogen-bond acceptors (Lipinski definition) is 6. The number of hydrogen-bond donors (Lipinski definition) is 3. The lowest BCUT2D eigenvalue weighted by Gasteiger charge is -2.21. The van der Waals surface area contributed by atoms with Crippen molar-refractivity contribution in [3.8, 4) is 0 Å². The van der Waals surface area contributed by atoms with E-state index in [0.717, 1.165) is 54.4 Å². The molecule has 1 aliphatic heterocycles. The van der Waals surface area contributed by atoms with Gasteiger partial charge in [-0.3, -0.25) is 14.6 Å². The second kappa shape index (κ2) is 7.69. The molecule has 3 aromatic rings. The Hall–Kier alpha value is -3.20. The average Bonchev–Trinajstić information content (AvgIpc) is 3.36. The third-order valence-corrected chi connectivity index (χ3v) is 7.74. The fraction of sp³-hybridized carbons (Fsp3) is 0.500. The van der Waals surface area contributed by atoms with Gasteiger partial charge in [0.15, 0.2) is 0 Å². The van der Waals surface area contributed by atoms with Gasteiger partial charge in [-0.25, -0.2) is 4.98 Å². The highest BCUT2D eigenvalue weighted by Gasteiger charge is 2.55. The van der Waals surface area contributed by atoms with E-state index in [1.807, 2.05) is 13.8 Å². The van der Waals surface area contributed by atoms with Crippen molar-refractivity contribution in [1.82, 2.24) is 30.3 Å². The number of aromatic amines is 1. The Balaban J connectivity index is 1.09. The number of fused-ring (bicyclic) bond motifs is 2. The predicted molar refractivity (Wildman–Crippen MR) is 122 cm³/mol. The van der Waals surface area contributed by atoms with Gasteiger partial charge in [0.1, 0.15) is 5.82 Å². The largest absolute Gasteiger partial charge is 0.396 e. The Morgan fingerprint density at radius 3 is 2.85 bits per heavy atom. The summed E-state index contributed by atoms with van der Waals surface area (Å²) in [6.45, 7) is 6.88. The topological polar surface area (TPSA) is 112 Å². The molecule has 1 saturated heterocycles. The molecule has 3 N–H and O–H groups in total. The van der Waals surface area contributed by atoms with Crippen molar-refractivity contribution in [2.75, 3.05) is 24.6 Å². The molecule has 1 saturated carbocycles. The van der Waals surface area contributed by atoms with Crippen LogP contribution in [0, 0.1) is 31.6 Å². The summed E-state index contributed by atoms with van der Waals surface area (Å²) in [7, 11) is 0. The van der Waals surface area contributed by atoms with Gasteiger partial charge in [0.2, 0.25) is 0 Å². The molecule has 0 unspecified atom stereocenters. The van der Waals surface area contributed by atoms with Gasteiger partial charge in [-0.05, 0) is 61.6 Å². The van der Waals surface area contributed by atoms with Crippen LogP contribution in [0.1, 0.15) is 51.0 Å². The third kappa shape index (κ3) is 3.51. The zero-order valence-corrected chi connectivity index (χ0v) is 19.0. The summed E-state index contributed by atoms with van der Waals surface area (Å²) in [4.78, 5) is 19.9. The predicted octanol–water partition coefficient (Wildman–Crippen LogP) is 1.76. The number of pyridine rings is 1. The van der Waals surface area contributed by atoms with Gasteiger partial charge in [-0.1, -0.05) is 6.07 Å². The minimum absolute atomic E-state index is 0.0518. The number of H-pyrrole nitrogens is 1. The quantitative estimate of drug-likeness (QED) is 0.531. The molecule has 2 aliphatic carbocycles. The van der Waals surface area contributed by atoms with Crippen LogP contribution in [-0.4, -0.2) is 55.7 Å². The minimum Gasteiger partial charge on any atom is -0.396 e. The number of rotatable bonds is 6. The fourth-order valence-corrected chi connectivity index (χ4v) is 5.65. The van der Waals surface area contributed by atoms with Crippen LogP contribution >= 0.6 is 0 Å². The van der Waals surface area contributed by atoms with Gasteiger partial charge >= 0.3 is 0 Å². The van der Waals surface area contributed by atoms with Crippen LogP contribution in [0.2, 0.25) is 0 Å². The van der Waals surface area contributed by atoms with Crippen LogP contribution in [0.3, 0.4) is 0 Å². The van der Waals surface area contributed by atoms with Crippen molar-refractivity contribution in [2.24, 2.45) is 17.8 Å². The number of nitrogens with zero attached hydrogens (tertiary/aromatic N) is 5. The van der Waals surface area contributed by atoms with Crippen LogP contribution in [0.25, 0.3) is 0 Å². The number of carbonyl (C=O) groups excluding carboxylic acids is 1. The summed E-state index contributed by atoms with van der Waals surface area (Å²) in [6, 6.07) is 4.12. The third-order valence-electron chi connectivity index (χ3n) is 7.74. The normalized spacial score (nSPS) is 25.2. The van der Waals surface area contributed by atoms with Crippen LogP contribution in [-0.2, 0) is 13.0 Å². The summed E-state index contributed by atoms with van der Waals surface area (Å²) < 4.78 is 1.79. The van der Waals surface area contributed by atoms with Crippen molar-refractivity contribution in [1.29, 1.82) is 0 Å². The Morgan fingerprint density at radius 1 is 1.27 bits per heavy atom. The maximum Gasteiger partial charge on any atom is 0.255 e. The zero-order chi connectivity index (χ0) is 22.7. The second-order valence-corrected chi connectivity index (χ2v) is 9.70. The first-order valence-corrected chi connectivity index (χ1v) is 11.7. The smallest absolute Gasteiger partial charge is 0.255 e. The number of aliphatic hydroxyl groups is 1. The maximum absolute atomic E-state index is 12.8. The lowest BCUT2D eigenvalue weighted by molar-refractivity contribution is 0.0935. The highest BCUT2D eigenvalue weighted by molar-refractivity contribution is 5.94. The van der Waals surface area contributed by atoms with E-state index in [0.29, 0.717) is 36.5 Å². The summed E-state index contributed by atoms with van der Waals surface area (Å²) in [5.41, 5.74) is 5.87. The fourth-order valence-electron chi connectivity index (χ4n) is 5.65. The first-order chi connectivity index (χ1) is 16.0. The van der Waals surface area contributed by atoms with Gasteiger partial charge < -0.3 is 15.3 Å². The highest BCUT2D eigenvalue weighted by Crippen LogP contribution is 2.51. The summed E-state index contributed by atoms with van der Waals surface area (Å²) in [5, 5.41) is 24.2. The molecule has 0 bridgehead atoms. The Kier molecular flexibility index (Phi) is 4.76. The number of aliphatic hydroxyl groups excluding tert-OH is 1. The number of piperidine rings is 1. The molecular formula is C24H29N7O2. The van der Waals surface area contributed by atoms with Gasteiger partial charge in [0.05, 0.1) is 30.0 Å². The SMILES string of the molecule is Cc1nc(N2C[C@@H]3[C@H](CO)[C@@H]3C2)ccc1Cn1cc(C(=O)N[C@@H]2CCc3c2n[nH]c3C)cn1. The van der Waals surface area contributed by atoms with E-state index >= 15 is 0 Å². The Bertz CT molecular complexity index is 1200. The first kappa shape index (κ1) is 20.4. The van der Waals surface area contributed by atoms with E-state index in [2.05, 4.69) is 37.6 Å². The monoisotopic (exact) mass is 447 g/mol. The molecule has 9 heteroatoms. The molecule has 3 aliphatic rings. The van der Waals surface area contributed by atoms with E-state index in [1.165, 1.54) is 5.56 Å². The molecule has 3 aromatic heterocycles. The minimum atomic E-state index is -0.126. The molecule has 172 valence electrons. The number of aromatic nitrogens is 5. The van der Waals surface area contributed by atoms with E-state index in [9.17, 15) is 9.90 Å².